The first-order valence-corrected chi connectivity index (χ1v) is 5.26. The molecule has 1 aliphatic rings. The Morgan fingerprint density at radius 1 is 1.60 bits per heavy atom. The van der Waals surface area contributed by atoms with Crippen molar-refractivity contribution < 1.29 is 0 Å². The lowest BCUT2D eigenvalue weighted by molar-refractivity contribution is 0.295. The molecule has 0 bridgehead atoms. The van der Waals surface area contributed by atoms with Gasteiger partial charge >= 0.3 is 0 Å². The highest BCUT2D eigenvalue weighted by Gasteiger charge is 2.19. The van der Waals surface area contributed by atoms with E-state index in [1.54, 1.807) is 0 Å². The second-order valence-corrected chi connectivity index (χ2v) is 3.95. The Bertz CT molecular complexity index is 93.3. The van der Waals surface area contributed by atoms with Crippen LogP contribution in [0.2, 0.25) is 0 Å². The fraction of sp³-hybridized carbons (Fsp3) is 1.00. The third-order valence-corrected chi connectivity index (χ3v) is 2.81. The zero-order valence-corrected chi connectivity index (χ0v) is 8.15. The number of alkyl halides is 1. The van der Waals surface area contributed by atoms with E-state index in [1.807, 2.05) is 0 Å². The normalized spacial score (nSPS) is 34.2. The molecular formula is C8H16BrN. The molecule has 0 aromatic rings. The quantitative estimate of drug-likeness (QED) is 0.682. The second kappa shape index (κ2) is 4.35. The second-order valence-electron chi connectivity index (χ2n) is 3.16. The van der Waals surface area contributed by atoms with Crippen LogP contribution in [0.5, 0.6) is 0 Å². The largest absolute Gasteiger partial charge is 0.314 e. The lowest BCUT2D eigenvalue weighted by Crippen LogP contribution is -2.40. The highest BCUT2D eigenvalue weighted by atomic mass is 79.9. The van der Waals surface area contributed by atoms with Crippen molar-refractivity contribution in [2.75, 3.05) is 11.9 Å². The predicted molar refractivity (Wildman–Crippen MR) is 48.6 cm³/mol. The molecule has 0 amide bonds. The molecule has 1 fully saturated rings. The summed E-state index contributed by atoms with van der Waals surface area (Å²) >= 11 is 3.47. The highest BCUT2D eigenvalue weighted by Crippen LogP contribution is 2.18. The molecule has 0 aromatic carbocycles. The smallest absolute Gasteiger partial charge is 0.0101 e. The molecule has 0 aliphatic carbocycles. The zero-order chi connectivity index (χ0) is 7.40. The highest BCUT2D eigenvalue weighted by molar-refractivity contribution is 9.09. The van der Waals surface area contributed by atoms with E-state index in [0.717, 1.165) is 17.3 Å². The molecule has 0 saturated carbocycles. The maximum absolute atomic E-state index is 3.54. The van der Waals surface area contributed by atoms with Crippen molar-refractivity contribution in [2.24, 2.45) is 5.92 Å². The van der Waals surface area contributed by atoms with E-state index < -0.39 is 0 Å². The Labute approximate surface area is 71.7 Å². The molecule has 1 aliphatic heterocycles. The summed E-state index contributed by atoms with van der Waals surface area (Å²) in [6.07, 6.45) is 4.05. The Balaban J connectivity index is 2.25. The molecule has 1 N–H and O–H groups in total. The topological polar surface area (TPSA) is 12.0 Å². The van der Waals surface area contributed by atoms with E-state index in [0.29, 0.717) is 0 Å². The summed E-state index contributed by atoms with van der Waals surface area (Å²) in [5.41, 5.74) is 0. The van der Waals surface area contributed by atoms with Crippen LogP contribution in [0.1, 0.15) is 26.2 Å². The average Bonchev–Trinajstić information content (AvgIpc) is 1.94. The number of halogens is 1. The first kappa shape index (κ1) is 8.54. The van der Waals surface area contributed by atoms with Crippen molar-refractivity contribution in [1.29, 1.82) is 0 Å². The molecule has 2 unspecified atom stereocenters. The van der Waals surface area contributed by atoms with E-state index in [4.69, 9.17) is 0 Å². The van der Waals surface area contributed by atoms with Crippen LogP contribution >= 0.6 is 15.9 Å². The molecule has 0 aromatic heterocycles. The van der Waals surface area contributed by atoms with Gasteiger partial charge in [0.1, 0.15) is 0 Å². The molecule has 1 nitrogen and oxygen atoms in total. The van der Waals surface area contributed by atoms with Gasteiger partial charge in [-0.2, -0.15) is 0 Å². The summed E-state index contributed by atoms with van der Waals surface area (Å²) in [7, 11) is 0. The van der Waals surface area contributed by atoms with Gasteiger partial charge in [-0.05, 0) is 31.7 Å². The van der Waals surface area contributed by atoms with Crippen LogP contribution in [0.15, 0.2) is 0 Å². The summed E-state index contributed by atoms with van der Waals surface area (Å²) in [6.45, 7) is 3.57. The number of hydrogen-bond donors (Lipinski definition) is 1. The molecule has 10 heavy (non-hydrogen) atoms. The molecule has 2 heteroatoms. The minimum atomic E-state index is 0.771. The number of piperidine rings is 1. The van der Waals surface area contributed by atoms with Gasteiger partial charge in [0.05, 0.1) is 0 Å². The van der Waals surface area contributed by atoms with Gasteiger partial charge in [0.25, 0.3) is 0 Å². The van der Waals surface area contributed by atoms with Crippen LogP contribution in [0.3, 0.4) is 0 Å². The average molecular weight is 206 g/mol. The fourth-order valence-electron chi connectivity index (χ4n) is 1.62. The summed E-state index contributed by atoms with van der Waals surface area (Å²) < 4.78 is 0. The molecule has 1 rings (SSSR count). The molecule has 1 saturated heterocycles. The summed E-state index contributed by atoms with van der Waals surface area (Å²) in [5.74, 6) is 0.881. The maximum Gasteiger partial charge on any atom is 0.0101 e. The minimum Gasteiger partial charge on any atom is -0.314 e. The fourth-order valence-corrected chi connectivity index (χ4v) is 2.11. The predicted octanol–water partition coefficient (Wildman–Crippen LogP) is 2.16. The van der Waals surface area contributed by atoms with Crippen molar-refractivity contribution in [3.8, 4) is 0 Å². The standard InChI is InChI=1S/C8H16BrN/c1-7-3-2-6-10-8(7)4-5-9/h7-8,10H,2-6H2,1H3. The van der Waals surface area contributed by atoms with Gasteiger partial charge in [-0.3, -0.25) is 0 Å². The SMILES string of the molecule is CC1CCCNC1CCBr. The van der Waals surface area contributed by atoms with Gasteiger partial charge in [0.2, 0.25) is 0 Å². The summed E-state index contributed by atoms with van der Waals surface area (Å²) in [5, 5.41) is 4.67. The van der Waals surface area contributed by atoms with E-state index >= 15 is 0 Å². The molecule has 2 atom stereocenters. The zero-order valence-electron chi connectivity index (χ0n) is 6.57. The van der Waals surface area contributed by atoms with Crippen molar-refractivity contribution in [2.45, 2.75) is 32.2 Å². The van der Waals surface area contributed by atoms with Crippen LogP contribution < -0.4 is 5.32 Å². The molecule has 60 valence electrons. The molecule has 0 radical (unpaired) electrons. The Kier molecular flexibility index (Phi) is 3.71. The Morgan fingerprint density at radius 3 is 3.00 bits per heavy atom. The van der Waals surface area contributed by atoms with Crippen LogP contribution in [-0.4, -0.2) is 17.9 Å². The monoisotopic (exact) mass is 205 g/mol. The lowest BCUT2D eigenvalue weighted by Gasteiger charge is -2.29. The van der Waals surface area contributed by atoms with Gasteiger partial charge in [0.15, 0.2) is 0 Å². The third-order valence-electron chi connectivity index (χ3n) is 2.35. The van der Waals surface area contributed by atoms with E-state index in [9.17, 15) is 0 Å². The number of rotatable bonds is 2. The van der Waals surface area contributed by atoms with E-state index in [2.05, 4.69) is 28.2 Å². The Morgan fingerprint density at radius 2 is 2.40 bits per heavy atom. The number of hydrogen-bond acceptors (Lipinski definition) is 1. The molecular weight excluding hydrogens is 190 g/mol. The Hall–Kier alpha value is 0.440. The van der Waals surface area contributed by atoms with Crippen molar-refractivity contribution >= 4 is 15.9 Å². The van der Waals surface area contributed by atoms with Gasteiger partial charge < -0.3 is 5.32 Å². The van der Waals surface area contributed by atoms with Gasteiger partial charge in [-0.25, -0.2) is 0 Å². The minimum absolute atomic E-state index is 0.771. The maximum atomic E-state index is 3.54. The lowest BCUT2D eigenvalue weighted by atomic mass is 9.91. The first-order chi connectivity index (χ1) is 4.84. The van der Waals surface area contributed by atoms with Crippen LogP contribution in [0.25, 0.3) is 0 Å². The van der Waals surface area contributed by atoms with Gasteiger partial charge in [0, 0.05) is 11.4 Å². The molecule has 1 heterocycles. The summed E-state index contributed by atoms with van der Waals surface area (Å²) in [6, 6.07) is 0.771. The third kappa shape index (κ3) is 2.24. The van der Waals surface area contributed by atoms with Crippen molar-refractivity contribution in [3.63, 3.8) is 0 Å². The van der Waals surface area contributed by atoms with Crippen molar-refractivity contribution in [3.05, 3.63) is 0 Å². The van der Waals surface area contributed by atoms with Gasteiger partial charge in [-0.15, -0.1) is 0 Å². The first-order valence-electron chi connectivity index (χ1n) is 4.14. The van der Waals surface area contributed by atoms with Crippen LogP contribution in [0, 0.1) is 5.92 Å². The molecule has 0 spiro atoms. The number of nitrogens with one attached hydrogen (secondary N) is 1. The van der Waals surface area contributed by atoms with Crippen molar-refractivity contribution in [1.82, 2.24) is 5.32 Å². The van der Waals surface area contributed by atoms with E-state index in [-0.39, 0.29) is 0 Å². The van der Waals surface area contributed by atoms with Crippen LogP contribution in [-0.2, 0) is 0 Å². The van der Waals surface area contributed by atoms with E-state index in [1.165, 1.54) is 25.8 Å². The van der Waals surface area contributed by atoms with Gasteiger partial charge in [-0.1, -0.05) is 22.9 Å². The summed E-state index contributed by atoms with van der Waals surface area (Å²) in [4.78, 5) is 0. The van der Waals surface area contributed by atoms with Crippen LogP contribution in [0.4, 0.5) is 0 Å².